The Hall–Kier alpha value is -1.96. The van der Waals surface area contributed by atoms with E-state index >= 15 is 0 Å². The molecule has 1 aliphatic rings. The Bertz CT molecular complexity index is 582. The van der Waals surface area contributed by atoms with Crippen molar-refractivity contribution in [2.75, 3.05) is 26.3 Å². The molecule has 1 heterocycles. The number of nitrogens with two attached hydrogens (primary N) is 1. The zero-order valence-corrected chi connectivity index (χ0v) is 13.8. The molecule has 5 nitrogen and oxygen atoms in total. The van der Waals surface area contributed by atoms with E-state index in [0.29, 0.717) is 26.3 Å². The minimum absolute atomic E-state index is 0.0646. The second-order valence-corrected chi connectivity index (χ2v) is 5.76. The maximum atomic E-state index is 13.3. The molecule has 8 heteroatoms. The minimum atomic E-state index is -4.48. The van der Waals surface area contributed by atoms with E-state index in [-0.39, 0.29) is 29.9 Å². The summed E-state index contributed by atoms with van der Waals surface area (Å²) in [5.41, 5.74) is 5.18. The fraction of sp³-hybridized carbons (Fsp3) is 0.562. The molecule has 0 spiro atoms. The highest BCUT2D eigenvalue weighted by Crippen LogP contribution is 2.35. The number of rotatable bonds is 4. The molecule has 1 saturated heterocycles. The lowest BCUT2D eigenvalue weighted by molar-refractivity contribution is -0.138. The van der Waals surface area contributed by atoms with Gasteiger partial charge >= 0.3 is 6.18 Å². The summed E-state index contributed by atoms with van der Waals surface area (Å²) in [4.78, 5) is 5.91. The lowest BCUT2D eigenvalue weighted by Crippen LogP contribution is -2.44. The monoisotopic (exact) mass is 345 g/mol. The first kappa shape index (κ1) is 18.4. The Balaban J connectivity index is 2.19. The predicted molar refractivity (Wildman–Crippen MR) is 84.9 cm³/mol. The number of morpholine rings is 1. The first-order chi connectivity index (χ1) is 11.3. The van der Waals surface area contributed by atoms with Crippen molar-refractivity contribution in [3.63, 3.8) is 0 Å². The number of hydrogen-bond donors (Lipinski definition) is 1. The van der Waals surface area contributed by atoms with Gasteiger partial charge in [-0.25, -0.2) is 4.99 Å². The van der Waals surface area contributed by atoms with E-state index in [1.807, 2.05) is 0 Å². The number of ether oxygens (including phenoxy) is 2. The van der Waals surface area contributed by atoms with E-state index in [1.54, 1.807) is 18.7 Å². The molecule has 1 aliphatic heterocycles. The number of benzene rings is 1. The molecule has 1 fully saturated rings. The van der Waals surface area contributed by atoms with Crippen LogP contribution in [0.25, 0.3) is 0 Å². The van der Waals surface area contributed by atoms with Crippen LogP contribution in [0.3, 0.4) is 0 Å². The number of nitrogens with zero attached hydrogens (tertiary/aromatic N) is 2. The number of alkyl halides is 3. The average Bonchev–Trinajstić information content (AvgIpc) is 2.52. The predicted octanol–water partition coefficient (Wildman–Crippen LogP) is 2.64. The van der Waals surface area contributed by atoms with E-state index in [0.717, 1.165) is 6.07 Å². The van der Waals surface area contributed by atoms with Crippen LogP contribution in [0.2, 0.25) is 0 Å². The first-order valence-electron chi connectivity index (χ1n) is 7.76. The van der Waals surface area contributed by atoms with Gasteiger partial charge in [0, 0.05) is 13.1 Å². The molecule has 2 N–H and O–H groups in total. The third-order valence-corrected chi connectivity index (χ3v) is 3.50. The zero-order chi connectivity index (χ0) is 17.7. The van der Waals surface area contributed by atoms with Crippen LogP contribution >= 0.6 is 0 Å². The standard InChI is InChI=1S/C16H22F3N3O2/c1-11(2)24-13-4-3-12(14(9-13)16(17,18)19)10-21-15(20)22-5-7-23-8-6-22/h3-4,9,11H,5-8,10H2,1-2H3,(H2,20,21). The van der Waals surface area contributed by atoms with Crippen molar-refractivity contribution in [3.05, 3.63) is 29.3 Å². The van der Waals surface area contributed by atoms with Crippen LogP contribution in [0.15, 0.2) is 23.2 Å². The average molecular weight is 345 g/mol. The normalized spacial score (nSPS) is 16.6. The van der Waals surface area contributed by atoms with Gasteiger partial charge in [0.25, 0.3) is 0 Å². The molecule has 0 aromatic heterocycles. The lowest BCUT2D eigenvalue weighted by Gasteiger charge is -2.27. The van der Waals surface area contributed by atoms with Gasteiger partial charge in [0.1, 0.15) is 5.75 Å². The van der Waals surface area contributed by atoms with Crippen LogP contribution in [-0.2, 0) is 17.5 Å². The number of guanidine groups is 1. The van der Waals surface area contributed by atoms with Crippen molar-refractivity contribution in [1.29, 1.82) is 0 Å². The summed E-state index contributed by atoms with van der Waals surface area (Å²) >= 11 is 0. The topological polar surface area (TPSA) is 60.1 Å². The highest BCUT2D eigenvalue weighted by atomic mass is 19.4. The third-order valence-electron chi connectivity index (χ3n) is 3.50. The van der Waals surface area contributed by atoms with Gasteiger partial charge in [0.2, 0.25) is 0 Å². The Kier molecular flexibility index (Phi) is 5.93. The quantitative estimate of drug-likeness (QED) is 0.673. The van der Waals surface area contributed by atoms with Crippen LogP contribution in [-0.4, -0.2) is 43.3 Å². The summed E-state index contributed by atoms with van der Waals surface area (Å²) < 4.78 is 50.4. The highest BCUT2D eigenvalue weighted by molar-refractivity contribution is 5.78. The van der Waals surface area contributed by atoms with Crippen LogP contribution in [0.1, 0.15) is 25.0 Å². The van der Waals surface area contributed by atoms with Gasteiger partial charge in [-0.2, -0.15) is 13.2 Å². The van der Waals surface area contributed by atoms with Crippen LogP contribution in [0.4, 0.5) is 13.2 Å². The maximum absolute atomic E-state index is 13.3. The summed E-state index contributed by atoms with van der Waals surface area (Å²) in [6.07, 6.45) is -4.68. The summed E-state index contributed by atoms with van der Waals surface area (Å²) in [5, 5.41) is 0. The number of halogens is 3. The van der Waals surface area contributed by atoms with E-state index in [9.17, 15) is 13.2 Å². The summed E-state index contributed by atoms with van der Waals surface area (Å²) in [7, 11) is 0. The maximum Gasteiger partial charge on any atom is 0.416 e. The molecular weight excluding hydrogens is 323 g/mol. The molecule has 134 valence electrons. The van der Waals surface area contributed by atoms with E-state index in [2.05, 4.69) is 4.99 Å². The molecule has 0 amide bonds. The van der Waals surface area contributed by atoms with Gasteiger partial charge in [-0.15, -0.1) is 0 Å². The molecule has 1 aromatic rings. The Morgan fingerprint density at radius 1 is 1.33 bits per heavy atom. The van der Waals surface area contributed by atoms with Crippen molar-refractivity contribution in [2.45, 2.75) is 32.7 Å². The SMILES string of the molecule is CC(C)Oc1ccc(CN=C(N)N2CCOCC2)c(C(F)(F)F)c1. The second kappa shape index (κ2) is 7.74. The smallest absolute Gasteiger partial charge is 0.416 e. The summed E-state index contributed by atoms with van der Waals surface area (Å²) in [5.74, 6) is 0.417. The van der Waals surface area contributed by atoms with E-state index in [1.165, 1.54) is 12.1 Å². The summed E-state index contributed by atoms with van der Waals surface area (Å²) in [6, 6.07) is 3.91. The Labute approximate surface area is 139 Å². The van der Waals surface area contributed by atoms with Gasteiger partial charge in [0.15, 0.2) is 5.96 Å². The van der Waals surface area contributed by atoms with Crippen molar-refractivity contribution in [1.82, 2.24) is 4.90 Å². The second-order valence-electron chi connectivity index (χ2n) is 5.76. The van der Waals surface area contributed by atoms with Crippen molar-refractivity contribution >= 4 is 5.96 Å². The fourth-order valence-corrected chi connectivity index (χ4v) is 2.36. The van der Waals surface area contributed by atoms with Gasteiger partial charge in [0.05, 0.1) is 31.4 Å². The first-order valence-corrected chi connectivity index (χ1v) is 7.76. The van der Waals surface area contributed by atoms with E-state index in [4.69, 9.17) is 15.2 Å². The molecule has 0 radical (unpaired) electrons. The highest BCUT2D eigenvalue weighted by Gasteiger charge is 2.33. The van der Waals surface area contributed by atoms with Crippen molar-refractivity contribution < 1.29 is 22.6 Å². The van der Waals surface area contributed by atoms with Gasteiger partial charge in [-0.3, -0.25) is 0 Å². The van der Waals surface area contributed by atoms with Gasteiger partial charge < -0.3 is 20.1 Å². The Morgan fingerprint density at radius 3 is 2.58 bits per heavy atom. The zero-order valence-electron chi connectivity index (χ0n) is 13.8. The van der Waals surface area contributed by atoms with E-state index < -0.39 is 11.7 Å². The molecule has 0 unspecified atom stereocenters. The van der Waals surface area contributed by atoms with Crippen molar-refractivity contribution in [2.24, 2.45) is 10.7 Å². The molecule has 24 heavy (non-hydrogen) atoms. The van der Waals surface area contributed by atoms with Gasteiger partial charge in [-0.05, 0) is 31.5 Å². The van der Waals surface area contributed by atoms with Crippen LogP contribution in [0.5, 0.6) is 5.75 Å². The van der Waals surface area contributed by atoms with Crippen LogP contribution in [0, 0.1) is 0 Å². The van der Waals surface area contributed by atoms with Gasteiger partial charge in [-0.1, -0.05) is 6.07 Å². The van der Waals surface area contributed by atoms with Crippen molar-refractivity contribution in [3.8, 4) is 5.75 Å². The fourth-order valence-electron chi connectivity index (χ4n) is 2.36. The minimum Gasteiger partial charge on any atom is -0.491 e. The lowest BCUT2D eigenvalue weighted by atomic mass is 10.1. The molecule has 0 saturated carbocycles. The molecular formula is C16H22F3N3O2. The molecule has 1 aromatic carbocycles. The molecule has 0 aliphatic carbocycles. The summed E-state index contributed by atoms with van der Waals surface area (Å²) in [6.45, 7) is 5.62. The van der Waals surface area contributed by atoms with Crippen LogP contribution < -0.4 is 10.5 Å². The number of aliphatic imine (C=N–C) groups is 1. The third kappa shape index (κ3) is 5.02. The Morgan fingerprint density at radius 2 is 2.00 bits per heavy atom. The molecule has 0 bridgehead atoms. The largest absolute Gasteiger partial charge is 0.491 e. The molecule has 2 rings (SSSR count). The molecule has 0 atom stereocenters. The number of hydrogen-bond acceptors (Lipinski definition) is 3.